The van der Waals surface area contributed by atoms with Crippen LogP contribution in [0.4, 0.5) is 0 Å². The molecule has 2 saturated carbocycles. The minimum atomic E-state index is -0.228. The number of likely N-dealkylation sites (tertiary alicyclic amines) is 1. The fourth-order valence-corrected chi connectivity index (χ4v) is 6.38. The molecule has 2 atom stereocenters. The lowest BCUT2D eigenvalue weighted by Gasteiger charge is -2.49. The van der Waals surface area contributed by atoms with Crippen LogP contribution in [0, 0.1) is 23.7 Å². The topological polar surface area (TPSA) is 74.8 Å². The van der Waals surface area contributed by atoms with Gasteiger partial charge in [-0.1, -0.05) is 49.9 Å². The summed E-state index contributed by atoms with van der Waals surface area (Å²) in [6.45, 7) is 0. The maximum Gasteiger partial charge on any atom is 0.261 e. The number of carbonyl (C=O) groups is 4. The summed E-state index contributed by atoms with van der Waals surface area (Å²) in [7, 11) is 3.18. The molecular weight excluding hydrogens is 404 g/mol. The molecular formula is C26H28N2O4. The Labute approximate surface area is 187 Å². The van der Waals surface area contributed by atoms with Crippen LogP contribution in [0.1, 0.15) is 59.2 Å². The van der Waals surface area contributed by atoms with Gasteiger partial charge in [0, 0.05) is 42.4 Å². The molecule has 166 valence electrons. The molecule has 0 spiro atoms. The highest BCUT2D eigenvalue weighted by Crippen LogP contribution is 2.50. The molecule has 6 nitrogen and oxygen atoms in total. The standard InChI is InChI=1S/C13H19NO2.C13H9NO2/c2*1-14-12(15)9-6-2-4-8-5-3-7-10(11(8)9)13(14)16/h8-11H,2-7H2,1H3;2-7H,1H3. The zero-order valence-corrected chi connectivity index (χ0v) is 18.5. The van der Waals surface area contributed by atoms with Gasteiger partial charge in [0.25, 0.3) is 11.8 Å². The number of nitrogens with zero attached hydrogens (tertiary/aromatic N) is 2. The number of benzene rings is 2. The number of carbonyl (C=O) groups excluding carboxylic acids is 4. The third kappa shape index (κ3) is 3.07. The lowest BCUT2D eigenvalue weighted by Crippen LogP contribution is -2.56. The zero-order valence-electron chi connectivity index (χ0n) is 18.5. The van der Waals surface area contributed by atoms with Crippen molar-refractivity contribution in [1.29, 1.82) is 0 Å². The van der Waals surface area contributed by atoms with Gasteiger partial charge in [0.1, 0.15) is 0 Å². The molecule has 32 heavy (non-hydrogen) atoms. The Morgan fingerprint density at radius 3 is 1.69 bits per heavy atom. The highest BCUT2D eigenvalue weighted by molar-refractivity contribution is 6.25. The first kappa shape index (κ1) is 20.9. The predicted molar refractivity (Wildman–Crippen MR) is 120 cm³/mol. The molecule has 0 bridgehead atoms. The number of imide groups is 2. The third-order valence-electron chi connectivity index (χ3n) is 7.92. The van der Waals surface area contributed by atoms with Crippen molar-refractivity contribution in [2.45, 2.75) is 38.5 Å². The maximum atomic E-state index is 12.1. The van der Waals surface area contributed by atoms with Crippen molar-refractivity contribution in [1.82, 2.24) is 9.80 Å². The predicted octanol–water partition coefficient (Wildman–Crippen LogP) is 3.88. The van der Waals surface area contributed by atoms with Crippen LogP contribution in [-0.2, 0) is 9.59 Å². The normalized spacial score (nSPS) is 28.9. The van der Waals surface area contributed by atoms with Crippen LogP contribution in [0.25, 0.3) is 10.8 Å². The number of hydrogen-bond donors (Lipinski definition) is 0. The molecule has 0 aromatic heterocycles. The Kier molecular flexibility index (Phi) is 5.11. The molecule has 2 heterocycles. The third-order valence-corrected chi connectivity index (χ3v) is 7.92. The Morgan fingerprint density at radius 1 is 0.688 bits per heavy atom. The average molecular weight is 433 g/mol. The number of amides is 4. The molecule has 6 heteroatoms. The quantitative estimate of drug-likeness (QED) is 0.592. The lowest BCUT2D eigenvalue weighted by atomic mass is 9.58. The summed E-state index contributed by atoms with van der Waals surface area (Å²) < 4.78 is 0. The maximum absolute atomic E-state index is 12.1. The van der Waals surface area contributed by atoms with E-state index in [-0.39, 0.29) is 35.5 Å². The van der Waals surface area contributed by atoms with Crippen LogP contribution >= 0.6 is 0 Å². The van der Waals surface area contributed by atoms with E-state index in [0.717, 1.165) is 28.5 Å². The second-order valence-corrected chi connectivity index (χ2v) is 9.53. The molecule has 2 aliphatic carbocycles. The molecule has 6 rings (SSSR count). The minimum Gasteiger partial charge on any atom is -0.285 e. The second-order valence-electron chi connectivity index (χ2n) is 9.53. The van der Waals surface area contributed by atoms with Crippen LogP contribution in [0.5, 0.6) is 0 Å². The smallest absolute Gasteiger partial charge is 0.261 e. The van der Waals surface area contributed by atoms with E-state index in [9.17, 15) is 19.2 Å². The first-order chi connectivity index (χ1) is 15.4. The Morgan fingerprint density at radius 2 is 1.19 bits per heavy atom. The fourth-order valence-electron chi connectivity index (χ4n) is 6.38. The summed E-state index contributed by atoms with van der Waals surface area (Å²) in [4.78, 5) is 50.6. The summed E-state index contributed by atoms with van der Waals surface area (Å²) in [6, 6.07) is 11.0. The van der Waals surface area contributed by atoms with Gasteiger partial charge in [0.15, 0.2) is 0 Å². The molecule has 4 aliphatic rings. The fraction of sp³-hybridized carbons (Fsp3) is 0.462. The molecule has 0 radical (unpaired) electrons. The molecule has 2 aliphatic heterocycles. The molecule has 2 unspecified atom stereocenters. The van der Waals surface area contributed by atoms with E-state index in [0.29, 0.717) is 23.0 Å². The average Bonchev–Trinajstić information content (AvgIpc) is 2.83. The number of piperidine rings is 1. The molecule has 3 fully saturated rings. The Balaban J connectivity index is 0.000000135. The minimum absolute atomic E-state index is 0.0952. The highest BCUT2D eigenvalue weighted by Gasteiger charge is 2.52. The summed E-state index contributed by atoms with van der Waals surface area (Å²) in [5, 5.41) is 1.71. The highest BCUT2D eigenvalue weighted by atomic mass is 16.2. The first-order valence-electron chi connectivity index (χ1n) is 11.6. The van der Waals surface area contributed by atoms with Gasteiger partial charge in [-0.15, -0.1) is 0 Å². The largest absolute Gasteiger partial charge is 0.285 e. The van der Waals surface area contributed by atoms with Gasteiger partial charge in [-0.25, -0.2) is 0 Å². The monoisotopic (exact) mass is 432 g/mol. The van der Waals surface area contributed by atoms with Gasteiger partial charge >= 0.3 is 0 Å². The molecule has 1 saturated heterocycles. The number of rotatable bonds is 0. The van der Waals surface area contributed by atoms with Gasteiger partial charge in [-0.3, -0.25) is 29.0 Å². The van der Waals surface area contributed by atoms with Crippen molar-refractivity contribution < 1.29 is 19.2 Å². The van der Waals surface area contributed by atoms with E-state index in [2.05, 4.69) is 0 Å². The Hall–Kier alpha value is -3.02. The summed E-state index contributed by atoms with van der Waals surface area (Å²) in [6.07, 6.45) is 6.84. The summed E-state index contributed by atoms with van der Waals surface area (Å²) >= 11 is 0. The lowest BCUT2D eigenvalue weighted by molar-refractivity contribution is -0.164. The van der Waals surface area contributed by atoms with E-state index in [1.54, 1.807) is 19.2 Å². The van der Waals surface area contributed by atoms with E-state index >= 15 is 0 Å². The van der Waals surface area contributed by atoms with Crippen LogP contribution in [0.3, 0.4) is 0 Å². The van der Waals surface area contributed by atoms with Crippen LogP contribution in [-0.4, -0.2) is 47.5 Å². The second kappa shape index (κ2) is 7.84. The molecule has 2 aromatic carbocycles. The zero-order chi connectivity index (χ0) is 22.6. The van der Waals surface area contributed by atoms with Gasteiger partial charge < -0.3 is 0 Å². The van der Waals surface area contributed by atoms with Gasteiger partial charge in [0.2, 0.25) is 11.8 Å². The van der Waals surface area contributed by atoms with Crippen molar-refractivity contribution in [2.24, 2.45) is 23.7 Å². The van der Waals surface area contributed by atoms with E-state index in [1.165, 1.54) is 37.6 Å². The Bertz CT molecular complexity index is 1060. The van der Waals surface area contributed by atoms with Crippen molar-refractivity contribution in [3.63, 3.8) is 0 Å². The number of hydrogen-bond acceptors (Lipinski definition) is 4. The van der Waals surface area contributed by atoms with Crippen LogP contribution in [0.2, 0.25) is 0 Å². The summed E-state index contributed by atoms with van der Waals surface area (Å²) in [5.41, 5.74) is 1.21. The van der Waals surface area contributed by atoms with Gasteiger partial charge in [0.05, 0.1) is 0 Å². The molecule has 4 amide bonds. The van der Waals surface area contributed by atoms with Crippen LogP contribution in [0.15, 0.2) is 36.4 Å². The molecule has 0 N–H and O–H groups in total. The van der Waals surface area contributed by atoms with Crippen LogP contribution < -0.4 is 0 Å². The van der Waals surface area contributed by atoms with Crippen molar-refractivity contribution in [3.8, 4) is 0 Å². The van der Waals surface area contributed by atoms with E-state index in [4.69, 9.17) is 0 Å². The van der Waals surface area contributed by atoms with Crippen molar-refractivity contribution >= 4 is 34.4 Å². The summed E-state index contributed by atoms with van der Waals surface area (Å²) in [5.74, 6) is 1.09. The van der Waals surface area contributed by atoms with Crippen molar-refractivity contribution in [3.05, 3.63) is 47.5 Å². The van der Waals surface area contributed by atoms with E-state index < -0.39 is 0 Å². The van der Waals surface area contributed by atoms with Crippen molar-refractivity contribution in [2.75, 3.05) is 14.1 Å². The molecule has 2 aromatic rings. The SMILES string of the molecule is CN1C(=O)C2CCCC3CCCC(C1=O)C32.CN1C(=O)c2cccc3cccc(c23)C1=O. The van der Waals surface area contributed by atoms with Gasteiger partial charge in [-0.2, -0.15) is 0 Å². The van der Waals surface area contributed by atoms with E-state index in [1.807, 2.05) is 24.3 Å². The van der Waals surface area contributed by atoms with Gasteiger partial charge in [-0.05, 0) is 42.2 Å². The first-order valence-corrected chi connectivity index (χ1v) is 11.6.